The Balaban J connectivity index is 1.77. The third-order valence-corrected chi connectivity index (χ3v) is 12.2. The summed E-state index contributed by atoms with van der Waals surface area (Å²) in [6, 6.07) is 8.84. The molecule has 0 spiro atoms. The fourth-order valence-electron chi connectivity index (χ4n) is 4.56. The number of hydrogen-bond donors (Lipinski definition) is 0. The maximum Gasteiger partial charge on any atom is 0.338 e. The van der Waals surface area contributed by atoms with Gasteiger partial charge in [-0.15, -0.1) is 0 Å². The van der Waals surface area contributed by atoms with Crippen molar-refractivity contribution in [1.29, 1.82) is 0 Å². The van der Waals surface area contributed by atoms with Crippen molar-refractivity contribution in [2.45, 2.75) is 96.2 Å². The lowest BCUT2D eigenvalue weighted by atomic mass is 9.91. The molecule has 7 heteroatoms. The van der Waals surface area contributed by atoms with Crippen LogP contribution in [-0.2, 0) is 23.5 Å². The van der Waals surface area contributed by atoms with Crippen LogP contribution < -0.4 is 0 Å². The van der Waals surface area contributed by atoms with Crippen LogP contribution in [-0.4, -0.2) is 44.4 Å². The minimum absolute atomic E-state index is 0.00157. The predicted molar refractivity (Wildman–Crippen MR) is 137 cm³/mol. The van der Waals surface area contributed by atoms with Gasteiger partial charge in [0.15, 0.2) is 14.1 Å². The molecule has 5 unspecified atom stereocenters. The second kappa shape index (κ2) is 11.2. The fourth-order valence-corrected chi connectivity index (χ4v) is 5.86. The quantitative estimate of drug-likeness (QED) is 0.227. The first-order valence-corrected chi connectivity index (χ1v) is 15.7. The van der Waals surface area contributed by atoms with E-state index in [1.165, 1.54) is 0 Å². The van der Waals surface area contributed by atoms with Gasteiger partial charge >= 0.3 is 11.9 Å². The molecule has 35 heavy (non-hydrogen) atoms. The van der Waals surface area contributed by atoms with E-state index in [1.807, 2.05) is 12.1 Å². The van der Waals surface area contributed by atoms with Gasteiger partial charge < -0.3 is 13.9 Å². The molecule has 5 atom stereocenters. The van der Waals surface area contributed by atoms with Crippen LogP contribution in [0.2, 0.25) is 18.1 Å². The third-order valence-electron chi connectivity index (χ3n) is 7.68. The Hall–Kier alpha value is -2.25. The Morgan fingerprint density at radius 1 is 1.20 bits per heavy atom. The first-order valence-electron chi connectivity index (χ1n) is 12.8. The van der Waals surface area contributed by atoms with Gasteiger partial charge in [-0.05, 0) is 42.8 Å². The smallest absolute Gasteiger partial charge is 0.338 e. The standard InChI is InChI=1S/C28H40O6Si/c1-7-8-14-23(34-35(5,6)28(2,3)4)22(29)16-15-20-21-17-26(30)32-25(21)18-24(20)33-27(31)19-12-10-9-11-13-19/h9-13,15-16,20-21,23-25H,7-8,14,17-18H2,1-6H3. The number of carbonyl (C=O) groups excluding carboxylic acids is 3. The molecule has 192 valence electrons. The zero-order chi connectivity index (χ0) is 25.8. The molecule has 0 radical (unpaired) electrons. The van der Waals surface area contributed by atoms with Gasteiger partial charge in [-0.1, -0.05) is 64.8 Å². The highest BCUT2D eigenvalue weighted by Crippen LogP contribution is 2.44. The largest absolute Gasteiger partial charge is 0.462 e. The average Bonchev–Trinajstić information content (AvgIpc) is 3.30. The molecular weight excluding hydrogens is 460 g/mol. The van der Waals surface area contributed by atoms with Gasteiger partial charge in [0.25, 0.3) is 0 Å². The first-order chi connectivity index (χ1) is 16.4. The van der Waals surface area contributed by atoms with Crippen LogP contribution in [0.15, 0.2) is 42.5 Å². The molecule has 2 fully saturated rings. The molecule has 0 bridgehead atoms. The van der Waals surface area contributed by atoms with Crippen molar-refractivity contribution in [2.75, 3.05) is 0 Å². The lowest BCUT2D eigenvalue weighted by molar-refractivity contribution is -0.141. The highest BCUT2D eigenvalue weighted by atomic mass is 28.4. The summed E-state index contributed by atoms with van der Waals surface area (Å²) in [4.78, 5) is 38.0. The summed E-state index contributed by atoms with van der Waals surface area (Å²) in [6.45, 7) is 12.9. The molecule has 6 nitrogen and oxygen atoms in total. The lowest BCUT2D eigenvalue weighted by Gasteiger charge is -2.38. The molecule has 1 saturated carbocycles. The van der Waals surface area contributed by atoms with Crippen LogP contribution in [0.5, 0.6) is 0 Å². The summed E-state index contributed by atoms with van der Waals surface area (Å²) < 4.78 is 17.8. The molecule has 0 amide bonds. The van der Waals surface area contributed by atoms with Crippen molar-refractivity contribution in [3.63, 3.8) is 0 Å². The minimum atomic E-state index is -2.13. The summed E-state index contributed by atoms with van der Waals surface area (Å²) in [5, 5.41) is -0.00157. The van der Waals surface area contributed by atoms with E-state index in [0.717, 1.165) is 12.8 Å². The number of carbonyl (C=O) groups is 3. The molecule has 1 saturated heterocycles. The Bertz CT molecular complexity index is 933. The second-order valence-corrected chi connectivity index (χ2v) is 16.0. The SMILES string of the molecule is CCCCC(O[Si](C)(C)C(C)(C)C)C(=O)C=CC1C(OC(=O)c2ccccc2)CC2OC(=O)CC21. The van der Waals surface area contributed by atoms with E-state index in [9.17, 15) is 14.4 Å². The van der Waals surface area contributed by atoms with Crippen LogP contribution in [0.25, 0.3) is 0 Å². The molecule has 0 N–H and O–H groups in total. The van der Waals surface area contributed by atoms with Gasteiger partial charge in [0, 0.05) is 18.3 Å². The Morgan fingerprint density at radius 3 is 2.51 bits per heavy atom. The normalized spacial score (nSPS) is 25.4. The summed E-state index contributed by atoms with van der Waals surface area (Å²) in [6.07, 6.45) is 5.46. The van der Waals surface area contributed by atoms with Crippen LogP contribution in [0.3, 0.4) is 0 Å². The van der Waals surface area contributed by atoms with Crippen LogP contribution >= 0.6 is 0 Å². The molecule has 1 aliphatic carbocycles. The molecule has 1 heterocycles. The van der Waals surface area contributed by atoms with E-state index in [4.69, 9.17) is 13.9 Å². The first kappa shape index (κ1) is 27.3. The summed E-state index contributed by atoms with van der Waals surface area (Å²) in [7, 11) is -2.13. The molecule has 1 aliphatic heterocycles. The number of unbranched alkanes of at least 4 members (excludes halogenated alkanes) is 1. The number of ether oxygens (including phenoxy) is 2. The molecule has 1 aromatic rings. The molecular formula is C28H40O6Si. The van der Waals surface area contributed by atoms with Gasteiger partial charge in [-0.25, -0.2) is 4.79 Å². The van der Waals surface area contributed by atoms with E-state index < -0.39 is 26.5 Å². The summed E-state index contributed by atoms with van der Waals surface area (Å²) >= 11 is 0. The fraction of sp³-hybridized carbons (Fsp3) is 0.607. The predicted octanol–water partition coefficient (Wildman–Crippen LogP) is 5.87. The Labute approximate surface area is 210 Å². The second-order valence-electron chi connectivity index (χ2n) is 11.3. The van der Waals surface area contributed by atoms with Gasteiger partial charge in [0.1, 0.15) is 18.3 Å². The van der Waals surface area contributed by atoms with Crippen molar-refractivity contribution >= 4 is 26.0 Å². The Kier molecular flexibility index (Phi) is 8.75. The van der Waals surface area contributed by atoms with E-state index in [0.29, 0.717) is 18.4 Å². The highest BCUT2D eigenvalue weighted by molar-refractivity contribution is 6.74. The molecule has 0 aromatic heterocycles. The van der Waals surface area contributed by atoms with E-state index in [2.05, 4.69) is 40.8 Å². The highest BCUT2D eigenvalue weighted by Gasteiger charge is 2.51. The topological polar surface area (TPSA) is 78.9 Å². The third kappa shape index (κ3) is 6.70. The van der Waals surface area contributed by atoms with Gasteiger partial charge in [0.05, 0.1) is 12.0 Å². The summed E-state index contributed by atoms with van der Waals surface area (Å²) in [5.74, 6) is -1.07. The average molecular weight is 501 g/mol. The van der Waals surface area contributed by atoms with Crippen molar-refractivity contribution in [1.82, 2.24) is 0 Å². The maximum atomic E-state index is 13.3. The van der Waals surface area contributed by atoms with Gasteiger partial charge in [-0.2, -0.15) is 0 Å². The van der Waals surface area contributed by atoms with Crippen molar-refractivity contribution in [3.05, 3.63) is 48.0 Å². The molecule has 2 aliphatic rings. The minimum Gasteiger partial charge on any atom is -0.462 e. The van der Waals surface area contributed by atoms with E-state index in [1.54, 1.807) is 30.3 Å². The van der Waals surface area contributed by atoms with Gasteiger partial charge in [-0.3, -0.25) is 9.59 Å². The number of ketones is 1. The zero-order valence-corrected chi connectivity index (χ0v) is 22.9. The van der Waals surface area contributed by atoms with Crippen LogP contribution in [0, 0.1) is 11.8 Å². The number of hydrogen-bond acceptors (Lipinski definition) is 6. The number of rotatable bonds is 10. The van der Waals surface area contributed by atoms with Gasteiger partial charge in [0.2, 0.25) is 0 Å². The number of benzene rings is 1. The monoisotopic (exact) mass is 500 g/mol. The lowest BCUT2D eigenvalue weighted by Crippen LogP contribution is -2.45. The van der Waals surface area contributed by atoms with E-state index >= 15 is 0 Å². The molecule has 1 aromatic carbocycles. The van der Waals surface area contributed by atoms with Crippen LogP contribution in [0.4, 0.5) is 0 Å². The Morgan fingerprint density at radius 2 is 1.89 bits per heavy atom. The van der Waals surface area contributed by atoms with Crippen molar-refractivity contribution < 1.29 is 28.3 Å². The number of esters is 2. The zero-order valence-electron chi connectivity index (χ0n) is 21.9. The van der Waals surface area contributed by atoms with Crippen molar-refractivity contribution in [3.8, 4) is 0 Å². The van der Waals surface area contributed by atoms with Crippen LogP contribution in [0.1, 0.15) is 70.2 Å². The summed E-state index contributed by atoms with van der Waals surface area (Å²) in [5.41, 5.74) is 0.475. The molecule has 3 rings (SSSR count). The van der Waals surface area contributed by atoms with E-state index in [-0.39, 0.29) is 41.2 Å². The maximum absolute atomic E-state index is 13.3. The van der Waals surface area contributed by atoms with Crippen molar-refractivity contribution in [2.24, 2.45) is 11.8 Å². The number of fused-ring (bicyclic) bond motifs is 1.